The van der Waals surface area contributed by atoms with E-state index in [1.165, 1.54) is 0 Å². The van der Waals surface area contributed by atoms with Gasteiger partial charge in [0.1, 0.15) is 12.0 Å². The Balaban J connectivity index is 2.28. The molecule has 0 bridgehead atoms. The topological polar surface area (TPSA) is 44.7 Å². The Hall–Kier alpha value is -1.32. The highest BCUT2D eigenvalue weighted by Crippen LogP contribution is 2.26. The molecule has 2 unspecified atom stereocenters. The highest BCUT2D eigenvalue weighted by molar-refractivity contribution is 6.01. The van der Waals surface area contributed by atoms with E-state index in [9.17, 15) is 4.79 Å². The number of fused-ring (bicyclic) bond motifs is 1. The quantitative estimate of drug-likeness (QED) is 0.666. The summed E-state index contributed by atoms with van der Waals surface area (Å²) in [6, 6.07) is 0.378. The molecule has 2 rings (SSSR count). The van der Waals surface area contributed by atoms with Gasteiger partial charge in [0.25, 0.3) is 0 Å². The second-order valence-electron chi connectivity index (χ2n) is 4.03. The van der Waals surface area contributed by atoms with Crippen LogP contribution in [0.15, 0.2) is 17.3 Å². The Bertz CT molecular complexity index is 319. The summed E-state index contributed by atoms with van der Waals surface area (Å²) in [7, 11) is 0. The van der Waals surface area contributed by atoms with Gasteiger partial charge in [0, 0.05) is 6.04 Å². The van der Waals surface area contributed by atoms with Crippen molar-refractivity contribution in [3.63, 3.8) is 0 Å². The van der Waals surface area contributed by atoms with E-state index in [0.29, 0.717) is 11.9 Å². The molecule has 1 amide bonds. The van der Waals surface area contributed by atoms with E-state index in [0.717, 1.165) is 0 Å². The molecular formula is C10H15N3O. The van der Waals surface area contributed by atoms with Gasteiger partial charge in [0.15, 0.2) is 0 Å². The Morgan fingerprint density at radius 3 is 2.93 bits per heavy atom. The molecule has 0 aliphatic carbocycles. The summed E-state index contributed by atoms with van der Waals surface area (Å²) in [5.74, 6) is 0.661. The maximum atomic E-state index is 11.6. The van der Waals surface area contributed by atoms with E-state index >= 15 is 0 Å². The standard InChI is InChI=1S/C10H15N3O/c1-6(2)13-5-4-8-9(13)11-7(3)12-10(8)14/h4-6,8-9H,1-3H3,(H,11,12,14). The van der Waals surface area contributed by atoms with Crippen molar-refractivity contribution < 1.29 is 4.79 Å². The van der Waals surface area contributed by atoms with Crippen LogP contribution in [-0.4, -0.2) is 28.9 Å². The molecule has 4 nitrogen and oxygen atoms in total. The van der Waals surface area contributed by atoms with Gasteiger partial charge in [-0.25, -0.2) is 4.99 Å². The van der Waals surface area contributed by atoms with Crippen molar-refractivity contribution in [3.8, 4) is 0 Å². The normalized spacial score (nSPS) is 30.4. The average molecular weight is 193 g/mol. The maximum Gasteiger partial charge on any atom is 0.236 e. The van der Waals surface area contributed by atoms with Crippen LogP contribution in [-0.2, 0) is 4.79 Å². The number of carbonyl (C=O) groups excluding carboxylic acids is 1. The van der Waals surface area contributed by atoms with Crippen molar-refractivity contribution >= 4 is 11.7 Å². The Labute approximate surface area is 83.7 Å². The monoisotopic (exact) mass is 193 g/mol. The molecule has 0 aromatic heterocycles. The van der Waals surface area contributed by atoms with Gasteiger partial charge in [-0.05, 0) is 27.0 Å². The first-order valence-electron chi connectivity index (χ1n) is 4.90. The van der Waals surface area contributed by atoms with Crippen LogP contribution in [0, 0.1) is 5.92 Å². The van der Waals surface area contributed by atoms with Crippen LogP contribution in [0.25, 0.3) is 0 Å². The zero-order chi connectivity index (χ0) is 10.3. The van der Waals surface area contributed by atoms with Crippen LogP contribution in [0.2, 0.25) is 0 Å². The fourth-order valence-corrected chi connectivity index (χ4v) is 1.90. The third kappa shape index (κ3) is 1.31. The first-order valence-corrected chi connectivity index (χ1v) is 4.90. The summed E-state index contributed by atoms with van der Waals surface area (Å²) in [6.45, 7) is 6.03. The number of nitrogens with zero attached hydrogens (tertiary/aromatic N) is 2. The molecule has 76 valence electrons. The van der Waals surface area contributed by atoms with Gasteiger partial charge in [-0.2, -0.15) is 0 Å². The fourth-order valence-electron chi connectivity index (χ4n) is 1.90. The lowest BCUT2D eigenvalue weighted by Gasteiger charge is -2.32. The third-order valence-electron chi connectivity index (χ3n) is 2.62. The van der Waals surface area contributed by atoms with E-state index < -0.39 is 0 Å². The summed E-state index contributed by atoms with van der Waals surface area (Å²) in [6.07, 6.45) is 3.88. The minimum absolute atomic E-state index is 0.0243. The van der Waals surface area contributed by atoms with Gasteiger partial charge in [0.05, 0.1) is 5.92 Å². The zero-order valence-electron chi connectivity index (χ0n) is 8.69. The van der Waals surface area contributed by atoms with E-state index in [1.54, 1.807) is 0 Å². The molecule has 0 saturated carbocycles. The predicted octanol–water partition coefficient (Wildman–Crippen LogP) is 0.715. The molecule has 2 atom stereocenters. The van der Waals surface area contributed by atoms with Crippen molar-refractivity contribution in [2.75, 3.05) is 0 Å². The summed E-state index contributed by atoms with van der Waals surface area (Å²) < 4.78 is 0. The van der Waals surface area contributed by atoms with Gasteiger partial charge < -0.3 is 10.2 Å². The highest BCUT2D eigenvalue weighted by Gasteiger charge is 2.37. The second kappa shape index (κ2) is 3.12. The molecule has 0 fully saturated rings. The molecular weight excluding hydrogens is 178 g/mol. The minimum atomic E-state index is -0.110. The second-order valence-corrected chi connectivity index (χ2v) is 4.03. The van der Waals surface area contributed by atoms with Crippen LogP contribution in [0.4, 0.5) is 0 Å². The zero-order valence-corrected chi connectivity index (χ0v) is 8.69. The van der Waals surface area contributed by atoms with Crippen molar-refractivity contribution in [1.82, 2.24) is 10.2 Å². The molecule has 2 aliphatic rings. The van der Waals surface area contributed by atoms with Gasteiger partial charge in [-0.3, -0.25) is 4.79 Å². The minimum Gasteiger partial charge on any atom is -0.353 e. The summed E-state index contributed by atoms with van der Waals surface area (Å²) in [4.78, 5) is 18.1. The number of hydrogen-bond donors (Lipinski definition) is 1. The molecule has 2 heterocycles. The average Bonchev–Trinajstić information content (AvgIpc) is 2.47. The maximum absolute atomic E-state index is 11.6. The first-order chi connectivity index (χ1) is 6.59. The number of rotatable bonds is 1. The van der Waals surface area contributed by atoms with Crippen molar-refractivity contribution in [2.24, 2.45) is 10.9 Å². The van der Waals surface area contributed by atoms with Gasteiger partial charge in [-0.1, -0.05) is 6.08 Å². The number of carbonyl (C=O) groups is 1. The molecule has 0 aromatic carbocycles. The number of amidine groups is 1. The number of aliphatic imine (C=N–C) groups is 1. The van der Waals surface area contributed by atoms with Crippen LogP contribution in [0.3, 0.4) is 0 Å². The molecule has 4 heteroatoms. The van der Waals surface area contributed by atoms with Gasteiger partial charge in [0.2, 0.25) is 5.91 Å². The number of amides is 1. The number of nitrogens with one attached hydrogen (secondary N) is 1. The van der Waals surface area contributed by atoms with E-state index in [-0.39, 0.29) is 18.0 Å². The lowest BCUT2D eigenvalue weighted by Crippen LogP contribution is -2.48. The smallest absolute Gasteiger partial charge is 0.236 e. The molecule has 0 spiro atoms. The molecule has 1 N–H and O–H groups in total. The summed E-state index contributed by atoms with van der Waals surface area (Å²) in [5.41, 5.74) is 0. The number of hydrogen-bond acceptors (Lipinski definition) is 3. The molecule has 0 radical (unpaired) electrons. The first kappa shape index (κ1) is 9.24. The fraction of sp³-hybridized carbons (Fsp3) is 0.600. The lowest BCUT2D eigenvalue weighted by atomic mass is 10.1. The van der Waals surface area contributed by atoms with E-state index in [2.05, 4.69) is 29.1 Å². The molecule has 0 aromatic rings. The summed E-state index contributed by atoms with van der Waals surface area (Å²) in [5, 5.41) is 2.74. The van der Waals surface area contributed by atoms with E-state index in [4.69, 9.17) is 0 Å². The molecule has 0 saturated heterocycles. The van der Waals surface area contributed by atoms with Crippen LogP contribution >= 0.6 is 0 Å². The van der Waals surface area contributed by atoms with Gasteiger partial charge >= 0.3 is 0 Å². The van der Waals surface area contributed by atoms with Crippen LogP contribution in [0.5, 0.6) is 0 Å². The lowest BCUT2D eigenvalue weighted by molar-refractivity contribution is -0.123. The highest BCUT2D eigenvalue weighted by atomic mass is 16.2. The summed E-state index contributed by atoms with van der Waals surface area (Å²) >= 11 is 0. The van der Waals surface area contributed by atoms with Crippen LogP contribution in [0.1, 0.15) is 20.8 Å². The van der Waals surface area contributed by atoms with Gasteiger partial charge in [-0.15, -0.1) is 0 Å². The molecule has 14 heavy (non-hydrogen) atoms. The van der Waals surface area contributed by atoms with Crippen molar-refractivity contribution in [3.05, 3.63) is 12.3 Å². The predicted molar refractivity (Wildman–Crippen MR) is 54.6 cm³/mol. The third-order valence-corrected chi connectivity index (χ3v) is 2.62. The Kier molecular flexibility index (Phi) is 2.06. The van der Waals surface area contributed by atoms with Crippen LogP contribution < -0.4 is 5.32 Å². The molecule has 2 aliphatic heterocycles. The largest absolute Gasteiger partial charge is 0.353 e. The van der Waals surface area contributed by atoms with Crippen molar-refractivity contribution in [1.29, 1.82) is 0 Å². The van der Waals surface area contributed by atoms with Crippen molar-refractivity contribution in [2.45, 2.75) is 33.0 Å². The Morgan fingerprint density at radius 2 is 2.29 bits per heavy atom. The Morgan fingerprint density at radius 1 is 1.57 bits per heavy atom. The van der Waals surface area contributed by atoms with E-state index in [1.807, 2.05) is 19.2 Å². The SMILES string of the molecule is CC1=NC2C(C=CN2C(C)C)C(=O)N1.